The van der Waals surface area contributed by atoms with Crippen LogP contribution in [0.4, 0.5) is 0 Å². The number of thiophene rings is 1. The molecule has 1 fully saturated rings. The molecule has 4 rings (SSSR count). The molecule has 1 aromatic carbocycles. The summed E-state index contributed by atoms with van der Waals surface area (Å²) in [4.78, 5) is 32.1. The van der Waals surface area contributed by atoms with Gasteiger partial charge in [-0.3, -0.25) is 9.59 Å². The summed E-state index contributed by atoms with van der Waals surface area (Å²) in [6, 6.07) is 9.46. The van der Waals surface area contributed by atoms with Crippen molar-refractivity contribution in [3.8, 4) is 0 Å². The van der Waals surface area contributed by atoms with Gasteiger partial charge >= 0.3 is 0 Å². The zero-order valence-corrected chi connectivity index (χ0v) is 18.4. The quantitative estimate of drug-likeness (QED) is 0.599. The zero-order valence-electron chi connectivity index (χ0n) is 16.1. The fraction of sp³-hybridized carbons (Fsp3) is 0.381. The molecular formula is C21H22ClN3O2S2. The van der Waals surface area contributed by atoms with Gasteiger partial charge in [-0.15, -0.1) is 22.7 Å². The molecule has 1 unspecified atom stereocenters. The van der Waals surface area contributed by atoms with Crippen LogP contribution in [0.5, 0.6) is 0 Å². The van der Waals surface area contributed by atoms with Crippen molar-refractivity contribution in [3.05, 3.63) is 50.6 Å². The van der Waals surface area contributed by atoms with E-state index in [9.17, 15) is 9.59 Å². The lowest BCUT2D eigenvalue weighted by Crippen LogP contribution is -2.40. The first-order valence-corrected chi connectivity index (χ1v) is 11.7. The summed E-state index contributed by atoms with van der Waals surface area (Å²) >= 11 is 9.35. The minimum Gasteiger partial charge on any atom is -0.348 e. The lowest BCUT2D eigenvalue weighted by Gasteiger charge is -2.32. The third-order valence-corrected chi connectivity index (χ3v) is 7.63. The van der Waals surface area contributed by atoms with E-state index in [0.29, 0.717) is 17.4 Å². The maximum atomic E-state index is 12.9. The van der Waals surface area contributed by atoms with Gasteiger partial charge < -0.3 is 10.2 Å². The lowest BCUT2D eigenvalue weighted by atomic mass is 9.97. The van der Waals surface area contributed by atoms with Crippen LogP contribution >= 0.6 is 34.3 Å². The van der Waals surface area contributed by atoms with Crippen molar-refractivity contribution in [3.63, 3.8) is 0 Å². The average molecular weight is 448 g/mol. The summed E-state index contributed by atoms with van der Waals surface area (Å²) in [5.41, 5.74) is 0.949. The number of benzene rings is 1. The van der Waals surface area contributed by atoms with Gasteiger partial charge in [0.2, 0.25) is 11.8 Å². The Labute approximate surface area is 182 Å². The number of rotatable bonds is 5. The third kappa shape index (κ3) is 4.79. The smallest absolute Gasteiger partial charge is 0.225 e. The maximum Gasteiger partial charge on any atom is 0.225 e. The van der Waals surface area contributed by atoms with E-state index in [1.165, 1.54) is 6.92 Å². The van der Waals surface area contributed by atoms with Crippen molar-refractivity contribution in [2.45, 2.75) is 38.1 Å². The van der Waals surface area contributed by atoms with Gasteiger partial charge in [0.1, 0.15) is 0 Å². The highest BCUT2D eigenvalue weighted by Crippen LogP contribution is 2.35. The van der Waals surface area contributed by atoms with Crippen LogP contribution in [0, 0.1) is 0 Å². The van der Waals surface area contributed by atoms with Crippen molar-refractivity contribution < 1.29 is 9.59 Å². The Bertz CT molecular complexity index is 1010. The summed E-state index contributed by atoms with van der Waals surface area (Å²) in [6.07, 6.45) is 2.11. The van der Waals surface area contributed by atoms with Gasteiger partial charge in [-0.05, 0) is 42.5 Å². The highest BCUT2D eigenvalue weighted by atomic mass is 35.5. The summed E-state index contributed by atoms with van der Waals surface area (Å²) in [6.45, 7) is 2.93. The van der Waals surface area contributed by atoms with Crippen LogP contribution in [-0.4, -0.2) is 34.8 Å². The predicted octanol–water partition coefficient (Wildman–Crippen LogP) is 4.98. The molecule has 0 saturated carbocycles. The highest BCUT2D eigenvalue weighted by molar-refractivity contribution is 7.18. The molecule has 1 aliphatic heterocycles. The molecule has 152 valence electrons. The molecule has 3 aromatic rings. The monoisotopic (exact) mass is 447 g/mol. The van der Waals surface area contributed by atoms with Crippen LogP contribution in [0.1, 0.15) is 48.0 Å². The number of piperidine rings is 1. The van der Waals surface area contributed by atoms with Crippen LogP contribution in [-0.2, 0) is 9.59 Å². The number of likely N-dealkylation sites (tertiary alicyclic amines) is 1. The number of carbonyl (C=O) groups excluding carboxylic acids is 2. The number of nitrogens with zero attached hydrogens (tertiary/aromatic N) is 2. The largest absolute Gasteiger partial charge is 0.348 e. The maximum absolute atomic E-state index is 12.9. The average Bonchev–Trinajstić information content (AvgIpc) is 3.37. The molecule has 0 spiro atoms. The normalized spacial score (nSPS) is 16.1. The molecule has 0 aliphatic carbocycles. The number of thiazole rings is 1. The minimum atomic E-state index is -0.258. The van der Waals surface area contributed by atoms with Gasteiger partial charge in [0, 0.05) is 35.8 Å². The van der Waals surface area contributed by atoms with Crippen molar-refractivity contribution >= 4 is 56.3 Å². The van der Waals surface area contributed by atoms with Crippen LogP contribution in [0.2, 0.25) is 5.02 Å². The molecule has 1 aliphatic rings. The standard InChI is InChI=1S/C21H22ClN3O2S2/c1-13(26)23-17(18-3-2-10-28-18)12-20(27)25-8-6-14(7-9-25)21-24-16-11-15(22)4-5-19(16)29-21/h2-5,10-11,14,17H,6-9,12H2,1H3,(H,23,26). The SMILES string of the molecule is CC(=O)NC(CC(=O)N1CCC(c2nc3cc(Cl)ccc3s2)CC1)c1cccs1. The Morgan fingerprint density at radius 1 is 1.31 bits per heavy atom. The molecule has 0 bridgehead atoms. The number of halogens is 1. The highest BCUT2D eigenvalue weighted by Gasteiger charge is 2.28. The van der Waals surface area contributed by atoms with E-state index in [-0.39, 0.29) is 17.9 Å². The first-order valence-electron chi connectivity index (χ1n) is 9.64. The third-order valence-electron chi connectivity index (χ3n) is 5.21. The van der Waals surface area contributed by atoms with Gasteiger partial charge in [-0.25, -0.2) is 4.98 Å². The Morgan fingerprint density at radius 3 is 2.79 bits per heavy atom. The van der Waals surface area contributed by atoms with E-state index in [0.717, 1.165) is 46.0 Å². The Balaban J connectivity index is 1.38. The van der Waals surface area contributed by atoms with E-state index in [1.807, 2.05) is 40.6 Å². The van der Waals surface area contributed by atoms with Crippen molar-refractivity contribution in [1.29, 1.82) is 0 Å². The van der Waals surface area contributed by atoms with Gasteiger partial charge in [-0.2, -0.15) is 0 Å². The summed E-state index contributed by atoms with van der Waals surface area (Å²) in [5.74, 6) is 0.344. The van der Waals surface area contributed by atoms with Crippen molar-refractivity contribution in [1.82, 2.24) is 15.2 Å². The van der Waals surface area contributed by atoms with Crippen LogP contribution in [0.3, 0.4) is 0 Å². The topological polar surface area (TPSA) is 62.3 Å². The number of fused-ring (bicyclic) bond motifs is 1. The van der Waals surface area contributed by atoms with Gasteiger partial charge in [0.25, 0.3) is 0 Å². The molecule has 1 atom stereocenters. The van der Waals surface area contributed by atoms with E-state index in [2.05, 4.69) is 5.32 Å². The Hall–Kier alpha value is -1.96. The molecular weight excluding hydrogens is 426 g/mol. The fourth-order valence-electron chi connectivity index (χ4n) is 3.73. The number of aromatic nitrogens is 1. The lowest BCUT2D eigenvalue weighted by molar-refractivity contribution is -0.133. The molecule has 8 heteroatoms. The van der Waals surface area contributed by atoms with Crippen LogP contribution in [0.25, 0.3) is 10.2 Å². The van der Waals surface area contributed by atoms with Gasteiger partial charge in [0.05, 0.1) is 27.7 Å². The van der Waals surface area contributed by atoms with Gasteiger partial charge in [-0.1, -0.05) is 17.7 Å². The molecule has 29 heavy (non-hydrogen) atoms. The predicted molar refractivity (Wildman–Crippen MR) is 119 cm³/mol. The number of carbonyl (C=O) groups is 2. The second-order valence-electron chi connectivity index (χ2n) is 7.29. The summed E-state index contributed by atoms with van der Waals surface area (Å²) < 4.78 is 1.15. The Kier molecular flexibility index (Phi) is 6.18. The molecule has 1 saturated heterocycles. The number of amides is 2. The van der Waals surface area contributed by atoms with Crippen molar-refractivity contribution in [2.75, 3.05) is 13.1 Å². The van der Waals surface area contributed by atoms with Crippen molar-refractivity contribution in [2.24, 2.45) is 0 Å². The number of hydrogen-bond donors (Lipinski definition) is 1. The minimum absolute atomic E-state index is 0.0895. The number of hydrogen-bond acceptors (Lipinski definition) is 5. The van der Waals surface area contributed by atoms with Crippen LogP contribution < -0.4 is 5.32 Å². The van der Waals surface area contributed by atoms with E-state index < -0.39 is 0 Å². The molecule has 1 N–H and O–H groups in total. The Morgan fingerprint density at radius 2 is 2.10 bits per heavy atom. The first kappa shape index (κ1) is 20.3. The van der Waals surface area contributed by atoms with E-state index >= 15 is 0 Å². The zero-order chi connectivity index (χ0) is 20.4. The molecule has 5 nitrogen and oxygen atoms in total. The number of nitrogens with one attached hydrogen (secondary N) is 1. The summed E-state index contributed by atoms with van der Waals surface area (Å²) in [5, 5.41) is 6.71. The summed E-state index contributed by atoms with van der Waals surface area (Å²) in [7, 11) is 0. The molecule has 3 heterocycles. The fourth-order valence-corrected chi connectivity index (χ4v) is 5.79. The van der Waals surface area contributed by atoms with E-state index in [1.54, 1.807) is 22.7 Å². The van der Waals surface area contributed by atoms with Gasteiger partial charge in [0.15, 0.2) is 0 Å². The second-order valence-corrected chi connectivity index (χ2v) is 9.77. The second kappa shape index (κ2) is 8.81. The molecule has 0 radical (unpaired) electrons. The first-order chi connectivity index (χ1) is 14.0. The molecule has 2 amide bonds. The van der Waals surface area contributed by atoms with Crippen LogP contribution in [0.15, 0.2) is 35.7 Å². The van der Waals surface area contributed by atoms with E-state index in [4.69, 9.17) is 16.6 Å². The molecule has 2 aromatic heterocycles.